The van der Waals surface area contributed by atoms with E-state index in [0.29, 0.717) is 12.5 Å². The Morgan fingerprint density at radius 3 is 2.42 bits per heavy atom. The summed E-state index contributed by atoms with van der Waals surface area (Å²) in [6.45, 7) is 4.70. The first kappa shape index (κ1) is 15.8. The van der Waals surface area contributed by atoms with E-state index in [2.05, 4.69) is 24.5 Å². The molecular formula is C14H26N2O3. The van der Waals surface area contributed by atoms with Gasteiger partial charge in [-0.3, -0.25) is 0 Å². The first-order chi connectivity index (χ1) is 9.04. The molecule has 0 aromatic heterocycles. The second-order valence-corrected chi connectivity index (χ2v) is 5.58. The van der Waals surface area contributed by atoms with E-state index in [0.717, 1.165) is 32.1 Å². The molecule has 1 aliphatic rings. The summed E-state index contributed by atoms with van der Waals surface area (Å²) in [6.07, 6.45) is 6.06. The highest BCUT2D eigenvalue weighted by atomic mass is 16.4. The second kappa shape index (κ2) is 8.02. The number of rotatable bonds is 6. The van der Waals surface area contributed by atoms with E-state index in [1.54, 1.807) is 0 Å². The van der Waals surface area contributed by atoms with E-state index in [1.807, 2.05) is 0 Å². The monoisotopic (exact) mass is 270 g/mol. The van der Waals surface area contributed by atoms with Crippen LogP contribution >= 0.6 is 0 Å². The average Bonchev–Trinajstić information content (AvgIpc) is 2.42. The Labute approximate surface area is 115 Å². The van der Waals surface area contributed by atoms with Crippen LogP contribution in [0.2, 0.25) is 0 Å². The first-order valence-corrected chi connectivity index (χ1v) is 7.31. The molecule has 1 aliphatic carbocycles. The van der Waals surface area contributed by atoms with Crippen molar-refractivity contribution in [2.45, 2.75) is 58.4 Å². The number of carbonyl (C=O) groups is 2. The number of nitrogens with one attached hydrogen (secondary N) is 2. The highest BCUT2D eigenvalue weighted by molar-refractivity contribution is 5.82. The fourth-order valence-electron chi connectivity index (χ4n) is 2.45. The molecule has 110 valence electrons. The first-order valence-electron chi connectivity index (χ1n) is 7.31. The van der Waals surface area contributed by atoms with Gasteiger partial charge in [-0.15, -0.1) is 0 Å². The summed E-state index contributed by atoms with van der Waals surface area (Å²) in [5.41, 5.74) is 0. The SMILES string of the molecule is CCC(C)CNC(=O)NC(C(=O)O)C1CCCCC1. The van der Waals surface area contributed by atoms with Crippen molar-refractivity contribution >= 4 is 12.0 Å². The standard InChI is InChI=1S/C14H26N2O3/c1-3-10(2)9-15-14(19)16-12(13(17)18)11-7-5-4-6-8-11/h10-12H,3-9H2,1-2H3,(H,17,18)(H2,15,16,19). The van der Waals surface area contributed by atoms with Crippen LogP contribution < -0.4 is 10.6 Å². The summed E-state index contributed by atoms with van der Waals surface area (Å²) in [7, 11) is 0. The number of urea groups is 1. The van der Waals surface area contributed by atoms with E-state index in [-0.39, 0.29) is 11.9 Å². The number of carboxylic acids is 1. The minimum atomic E-state index is -0.925. The molecule has 0 bridgehead atoms. The number of carbonyl (C=O) groups excluding carboxylic acids is 1. The summed E-state index contributed by atoms with van der Waals surface area (Å²) in [5, 5.41) is 14.6. The van der Waals surface area contributed by atoms with Crippen LogP contribution in [0.4, 0.5) is 4.79 Å². The number of hydrogen-bond acceptors (Lipinski definition) is 2. The zero-order chi connectivity index (χ0) is 14.3. The van der Waals surface area contributed by atoms with Gasteiger partial charge in [-0.25, -0.2) is 9.59 Å². The van der Waals surface area contributed by atoms with Gasteiger partial charge >= 0.3 is 12.0 Å². The van der Waals surface area contributed by atoms with Crippen molar-refractivity contribution in [3.05, 3.63) is 0 Å². The molecule has 0 saturated heterocycles. The van der Waals surface area contributed by atoms with Crippen molar-refractivity contribution in [3.8, 4) is 0 Å². The Hall–Kier alpha value is -1.26. The predicted molar refractivity (Wildman–Crippen MR) is 74.0 cm³/mol. The summed E-state index contributed by atoms with van der Waals surface area (Å²) in [4.78, 5) is 23.0. The molecule has 0 aromatic carbocycles. The molecule has 3 N–H and O–H groups in total. The van der Waals surface area contributed by atoms with Gasteiger partial charge in [0.1, 0.15) is 6.04 Å². The van der Waals surface area contributed by atoms with Gasteiger partial charge in [0.15, 0.2) is 0 Å². The van der Waals surface area contributed by atoms with E-state index in [1.165, 1.54) is 6.42 Å². The minimum Gasteiger partial charge on any atom is -0.480 e. The Kier molecular flexibility index (Phi) is 6.67. The summed E-state index contributed by atoms with van der Waals surface area (Å²) in [6, 6.07) is -1.12. The third-order valence-corrected chi connectivity index (χ3v) is 3.98. The lowest BCUT2D eigenvalue weighted by atomic mass is 9.84. The van der Waals surface area contributed by atoms with E-state index < -0.39 is 12.0 Å². The topological polar surface area (TPSA) is 78.4 Å². The number of carboxylic acid groups (broad SMARTS) is 1. The minimum absolute atomic E-state index is 0.0700. The molecule has 0 heterocycles. The summed E-state index contributed by atoms with van der Waals surface area (Å²) >= 11 is 0. The fourth-order valence-corrected chi connectivity index (χ4v) is 2.45. The van der Waals surface area contributed by atoms with Gasteiger partial charge in [0, 0.05) is 6.54 Å². The maximum Gasteiger partial charge on any atom is 0.326 e. The van der Waals surface area contributed by atoms with Crippen molar-refractivity contribution in [3.63, 3.8) is 0 Å². The molecule has 5 nitrogen and oxygen atoms in total. The second-order valence-electron chi connectivity index (χ2n) is 5.58. The van der Waals surface area contributed by atoms with Gasteiger partial charge in [-0.05, 0) is 24.7 Å². The van der Waals surface area contributed by atoms with Gasteiger partial charge < -0.3 is 15.7 Å². The van der Waals surface area contributed by atoms with E-state index >= 15 is 0 Å². The Morgan fingerprint density at radius 1 is 1.26 bits per heavy atom. The highest BCUT2D eigenvalue weighted by Crippen LogP contribution is 2.26. The zero-order valence-corrected chi connectivity index (χ0v) is 11.9. The number of hydrogen-bond donors (Lipinski definition) is 3. The van der Waals surface area contributed by atoms with E-state index in [9.17, 15) is 14.7 Å². The quantitative estimate of drug-likeness (QED) is 0.693. The predicted octanol–water partition coefficient (Wildman–Crippen LogP) is 2.37. The van der Waals surface area contributed by atoms with Gasteiger partial charge in [0.25, 0.3) is 0 Å². The lowest BCUT2D eigenvalue weighted by Crippen LogP contribution is -2.50. The van der Waals surface area contributed by atoms with Crippen molar-refractivity contribution < 1.29 is 14.7 Å². The van der Waals surface area contributed by atoms with E-state index in [4.69, 9.17) is 0 Å². The molecule has 1 fully saturated rings. The van der Waals surface area contributed by atoms with Crippen LogP contribution in [0.25, 0.3) is 0 Å². The molecule has 0 spiro atoms. The normalized spacial score (nSPS) is 19.5. The molecule has 0 aliphatic heterocycles. The van der Waals surface area contributed by atoms with Crippen molar-refractivity contribution in [2.75, 3.05) is 6.54 Å². The lowest BCUT2D eigenvalue weighted by Gasteiger charge is -2.28. The van der Waals surface area contributed by atoms with Gasteiger partial charge in [0.05, 0.1) is 0 Å². The van der Waals surface area contributed by atoms with Crippen LogP contribution in [0.3, 0.4) is 0 Å². The van der Waals surface area contributed by atoms with Crippen molar-refractivity contribution in [1.82, 2.24) is 10.6 Å². The smallest absolute Gasteiger partial charge is 0.326 e. The Morgan fingerprint density at radius 2 is 1.89 bits per heavy atom. The van der Waals surface area contributed by atoms with Crippen LogP contribution in [-0.4, -0.2) is 29.7 Å². The molecular weight excluding hydrogens is 244 g/mol. The van der Waals surface area contributed by atoms with Crippen LogP contribution in [-0.2, 0) is 4.79 Å². The van der Waals surface area contributed by atoms with Crippen molar-refractivity contribution in [2.24, 2.45) is 11.8 Å². The average molecular weight is 270 g/mol. The third-order valence-electron chi connectivity index (χ3n) is 3.98. The Bertz CT molecular complexity index is 301. The largest absolute Gasteiger partial charge is 0.480 e. The molecule has 19 heavy (non-hydrogen) atoms. The molecule has 5 heteroatoms. The van der Waals surface area contributed by atoms with Crippen LogP contribution in [0.15, 0.2) is 0 Å². The molecule has 2 amide bonds. The highest BCUT2D eigenvalue weighted by Gasteiger charge is 2.30. The van der Waals surface area contributed by atoms with Gasteiger partial charge in [-0.1, -0.05) is 39.5 Å². The van der Waals surface area contributed by atoms with Crippen LogP contribution in [0.1, 0.15) is 52.4 Å². The molecule has 1 saturated carbocycles. The molecule has 0 aromatic rings. The van der Waals surface area contributed by atoms with Crippen LogP contribution in [0, 0.1) is 11.8 Å². The molecule has 1 rings (SSSR count). The maximum atomic E-state index is 11.7. The summed E-state index contributed by atoms with van der Waals surface area (Å²) in [5.74, 6) is -0.449. The van der Waals surface area contributed by atoms with Gasteiger partial charge in [0.2, 0.25) is 0 Å². The lowest BCUT2D eigenvalue weighted by molar-refractivity contribution is -0.141. The number of amides is 2. The van der Waals surface area contributed by atoms with Crippen LogP contribution in [0.5, 0.6) is 0 Å². The summed E-state index contributed by atoms with van der Waals surface area (Å²) < 4.78 is 0. The zero-order valence-electron chi connectivity index (χ0n) is 11.9. The maximum absolute atomic E-state index is 11.7. The van der Waals surface area contributed by atoms with Gasteiger partial charge in [-0.2, -0.15) is 0 Å². The van der Waals surface area contributed by atoms with Crippen molar-refractivity contribution in [1.29, 1.82) is 0 Å². The molecule has 2 atom stereocenters. The number of aliphatic carboxylic acids is 1. The fraction of sp³-hybridized carbons (Fsp3) is 0.857. The molecule has 2 unspecified atom stereocenters. The Balaban J connectivity index is 2.44. The third kappa shape index (κ3) is 5.49. The molecule has 0 radical (unpaired) electrons.